The standard InChI is InChI=1S/C15H21F4NO2.ClH/c1-9(2)7-8-11(21)13(20)10-5-3-4-6-12(10)22-15(18,19)14(16)17;/h3-6,9,11,13-14,21H,7-8,20H2,1-2H3;1H/t11-,13+;/m0./s1. The molecule has 0 unspecified atom stereocenters. The van der Waals surface area contributed by atoms with E-state index < -0.39 is 30.4 Å². The quantitative estimate of drug-likeness (QED) is 0.686. The highest BCUT2D eigenvalue weighted by atomic mass is 35.5. The summed E-state index contributed by atoms with van der Waals surface area (Å²) in [6, 6.07) is 4.38. The molecule has 0 bridgehead atoms. The van der Waals surface area contributed by atoms with E-state index in [1.807, 2.05) is 13.8 Å². The molecule has 0 heterocycles. The molecule has 0 radical (unpaired) electrons. The minimum absolute atomic E-state index is 0. The van der Waals surface area contributed by atoms with Gasteiger partial charge in [0.05, 0.1) is 12.1 Å². The van der Waals surface area contributed by atoms with E-state index in [2.05, 4.69) is 4.74 Å². The van der Waals surface area contributed by atoms with Crippen molar-refractivity contribution in [2.75, 3.05) is 0 Å². The van der Waals surface area contributed by atoms with Crippen LogP contribution in [-0.4, -0.2) is 23.7 Å². The molecule has 1 rings (SSSR count). The third kappa shape index (κ3) is 6.53. The van der Waals surface area contributed by atoms with E-state index in [0.717, 1.165) is 6.07 Å². The first kappa shape index (κ1) is 21.9. The van der Waals surface area contributed by atoms with Crippen LogP contribution in [0.15, 0.2) is 24.3 Å². The minimum Gasteiger partial charge on any atom is -0.428 e. The van der Waals surface area contributed by atoms with E-state index in [0.29, 0.717) is 18.8 Å². The molecular weight excluding hydrogens is 338 g/mol. The lowest BCUT2D eigenvalue weighted by molar-refractivity contribution is -0.253. The van der Waals surface area contributed by atoms with E-state index in [4.69, 9.17) is 5.73 Å². The van der Waals surface area contributed by atoms with Crippen LogP contribution in [0.2, 0.25) is 0 Å². The van der Waals surface area contributed by atoms with E-state index in [1.54, 1.807) is 0 Å². The fourth-order valence-electron chi connectivity index (χ4n) is 1.93. The lowest BCUT2D eigenvalue weighted by atomic mass is 9.95. The summed E-state index contributed by atoms with van der Waals surface area (Å²) < 4.78 is 54.7. The first-order valence-corrected chi connectivity index (χ1v) is 7.02. The zero-order valence-electron chi connectivity index (χ0n) is 12.9. The molecule has 0 aliphatic heterocycles. The second kappa shape index (κ2) is 9.30. The van der Waals surface area contributed by atoms with Gasteiger partial charge >= 0.3 is 12.5 Å². The minimum atomic E-state index is -4.61. The monoisotopic (exact) mass is 359 g/mol. The summed E-state index contributed by atoms with van der Waals surface area (Å²) in [7, 11) is 0. The maximum absolute atomic E-state index is 13.1. The van der Waals surface area contributed by atoms with Gasteiger partial charge in [-0.3, -0.25) is 0 Å². The number of hydrogen-bond donors (Lipinski definition) is 2. The Bertz CT molecular complexity index is 475. The molecule has 0 fully saturated rings. The van der Waals surface area contributed by atoms with E-state index in [1.165, 1.54) is 18.2 Å². The SMILES string of the molecule is CC(C)CC[C@H](O)[C@H](N)c1ccccc1OC(F)(F)C(F)F.Cl. The highest BCUT2D eigenvalue weighted by Gasteiger charge is 2.44. The molecule has 8 heteroatoms. The molecule has 0 aliphatic carbocycles. The van der Waals surface area contributed by atoms with Gasteiger partial charge in [0.15, 0.2) is 0 Å². The van der Waals surface area contributed by atoms with Crippen molar-refractivity contribution >= 4 is 12.4 Å². The van der Waals surface area contributed by atoms with Crippen LogP contribution in [0.5, 0.6) is 5.75 Å². The van der Waals surface area contributed by atoms with E-state index in [9.17, 15) is 22.7 Å². The van der Waals surface area contributed by atoms with Gasteiger partial charge in [-0.25, -0.2) is 0 Å². The number of aliphatic hydroxyl groups excluding tert-OH is 1. The fraction of sp³-hybridized carbons (Fsp3) is 0.600. The number of hydrogen-bond acceptors (Lipinski definition) is 3. The number of ether oxygens (including phenoxy) is 1. The zero-order chi connectivity index (χ0) is 16.9. The smallest absolute Gasteiger partial charge is 0.428 e. The Labute approximate surface area is 139 Å². The molecule has 3 nitrogen and oxygen atoms in total. The van der Waals surface area contributed by atoms with Gasteiger partial charge in [-0.2, -0.15) is 17.6 Å². The van der Waals surface area contributed by atoms with Gasteiger partial charge in [0.25, 0.3) is 0 Å². The number of halogens is 5. The van der Waals surface area contributed by atoms with Crippen molar-refractivity contribution in [1.29, 1.82) is 0 Å². The van der Waals surface area contributed by atoms with Crippen molar-refractivity contribution in [2.24, 2.45) is 11.7 Å². The Morgan fingerprint density at radius 2 is 1.74 bits per heavy atom. The molecule has 0 amide bonds. The number of benzene rings is 1. The van der Waals surface area contributed by atoms with Crippen LogP contribution in [-0.2, 0) is 0 Å². The fourth-order valence-corrected chi connectivity index (χ4v) is 1.93. The zero-order valence-corrected chi connectivity index (χ0v) is 13.7. The number of para-hydroxylation sites is 1. The lowest BCUT2D eigenvalue weighted by Gasteiger charge is -2.24. The van der Waals surface area contributed by atoms with Crippen LogP contribution >= 0.6 is 12.4 Å². The van der Waals surface area contributed by atoms with Crippen LogP contribution in [0.1, 0.15) is 38.3 Å². The average Bonchev–Trinajstić information content (AvgIpc) is 2.44. The Morgan fingerprint density at radius 1 is 1.17 bits per heavy atom. The Balaban J connectivity index is 0.00000484. The second-order valence-corrected chi connectivity index (χ2v) is 5.57. The van der Waals surface area contributed by atoms with Gasteiger partial charge in [0.2, 0.25) is 0 Å². The maximum atomic E-state index is 13.1. The molecule has 0 saturated carbocycles. The summed E-state index contributed by atoms with van der Waals surface area (Å²) in [6.45, 7) is 3.94. The van der Waals surface area contributed by atoms with Crippen LogP contribution in [0.3, 0.4) is 0 Å². The molecule has 23 heavy (non-hydrogen) atoms. The van der Waals surface area contributed by atoms with Gasteiger partial charge in [-0.05, 0) is 24.8 Å². The number of nitrogens with two attached hydrogens (primary N) is 1. The summed E-state index contributed by atoms with van der Waals surface area (Å²) in [5.74, 6) is -0.111. The number of aliphatic hydroxyl groups is 1. The summed E-state index contributed by atoms with van der Waals surface area (Å²) >= 11 is 0. The van der Waals surface area contributed by atoms with Crippen molar-refractivity contribution < 1.29 is 27.4 Å². The predicted octanol–water partition coefficient (Wildman–Crippen LogP) is 4.14. The molecule has 0 spiro atoms. The molecule has 0 saturated heterocycles. The van der Waals surface area contributed by atoms with Gasteiger partial charge < -0.3 is 15.6 Å². The van der Waals surface area contributed by atoms with Crippen LogP contribution in [0.25, 0.3) is 0 Å². The largest absolute Gasteiger partial charge is 0.461 e. The molecule has 1 aromatic rings. The molecule has 3 N–H and O–H groups in total. The van der Waals surface area contributed by atoms with Crippen LogP contribution in [0, 0.1) is 5.92 Å². The average molecular weight is 360 g/mol. The number of rotatable bonds is 8. The first-order valence-electron chi connectivity index (χ1n) is 7.02. The Kier molecular flexibility index (Phi) is 8.87. The summed E-state index contributed by atoms with van der Waals surface area (Å²) in [6.07, 6.45) is -8.47. The normalized spacial score (nSPS) is 14.5. The third-order valence-electron chi connectivity index (χ3n) is 3.23. The van der Waals surface area contributed by atoms with Crippen molar-refractivity contribution in [2.45, 2.75) is 51.4 Å². The van der Waals surface area contributed by atoms with Gasteiger partial charge in [-0.1, -0.05) is 32.0 Å². The topological polar surface area (TPSA) is 55.5 Å². The molecule has 134 valence electrons. The summed E-state index contributed by atoms with van der Waals surface area (Å²) in [5, 5.41) is 10.0. The molecule has 2 atom stereocenters. The van der Waals surface area contributed by atoms with Gasteiger partial charge in [0, 0.05) is 5.56 Å². The molecule has 0 aromatic heterocycles. The lowest BCUT2D eigenvalue weighted by Crippen LogP contribution is -2.35. The number of alkyl halides is 4. The molecular formula is C15H22ClF4NO2. The maximum Gasteiger partial charge on any atom is 0.461 e. The highest BCUT2D eigenvalue weighted by Crippen LogP contribution is 2.33. The van der Waals surface area contributed by atoms with Crippen LogP contribution in [0.4, 0.5) is 17.6 Å². The highest BCUT2D eigenvalue weighted by molar-refractivity contribution is 5.85. The van der Waals surface area contributed by atoms with Crippen LogP contribution < -0.4 is 10.5 Å². The van der Waals surface area contributed by atoms with Crippen molar-refractivity contribution in [3.63, 3.8) is 0 Å². The molecule has 1 aromatic carbocycles. The summed E-state index contributed by atoms with van der Waals surface area (Å²) in [5.41, 5.74) is 5.93. The van der Waals surface area contributed by atoms with E-state index >= 15 is 0 Å². The Morgan fingerprint density at radius 3 is 2.26 bits per heavy atom. The van der Waals surface area contributed by atoms with Crippen molar-refractivity contribution in [3.8, 4) is 5.75 Å². The molecule has 0 aliphatic rings. The van der Waals surface area contributed by atoms with E-state index in [-0.39, 0.29) is 18.0 Å². The third-order valence-corrected chi connectivity index (χ3v) is 3.23. The van der Waals surface area contributed by atoms with Crippen molar-refractivity contribution in [3.05, 3.63) is 29.8 Å². The van der Waals surface area contributed by atoms with Gasteiger partial charge in [-0.15, -0.1) is 12.4 Å². The van der Waals surface area contributed by atoms with Crippen molar-refractivity contribution in [1.82, 2.24) is 0 Å². The second-order valence-electron chi connectivity index (χ2n) is 5.57. The first-order chi connectivity index (χ1) is 10.1. The predicted molar refractivity (Wildman–Crippen MR) is 82.3 cm³/mol. The summed E-state index contributed by atoms with van der Waals surface area (Å²) in [4.78, 5) is 0. The van der Waals surface area contributed by atoms with Gasteiger partial charge in [0.1, 0.15) is 5.75 Å². The Hall–Kier alpha value is -1.05.